The lowest BCUT2D eigenvalue weighted by molar-refractivity contribution is -0.130. The summed E-state index contributed by atoms with van der Waals surface area (Å²) in [5.74, 6) is 4.02. The van der Waals surface area contributed by atoms with Crippen LogP contribution in [0.3, 0.4) is 0 Å². The maximum Gasteiger partial charge on any atom is 0.240 e. The van der Waals surface area contributed by atoms with E-state index in [0.717, 1.165) is 69.1 Å². The number of amides is 1. The molecule has 0 saturated carbocycles. The van der Waals surface area contributed by atoms with Crippen molar-refractivity contribution in [1.82, 2.24) is 9.99 Å². The van der Waals surface area contributed by atoms with E-state index in [1.54, 1.807) is 46.9 Å². The molecule has 0 N–H and O–H groups in total. The lowest BCUT2D eigenvalue weighted by Gasteiger charge is -2.22. The van der Waals surface area contributed by atoms with Crippen LogP contribution in [0.4, 0.5) is 0 Å². The van der Waals surface area contributed by atoms with Gasteiger partial charge >= 0.3 is 0 Å². The van der Waals surface area contributed by atoms with E-state index >= 15 is 0 Å². The molecule has 0 aliphatic carbocycles. The first kappa shape index (κ1) is 37.3. The third-order valence-corrected chi connectivity index (χ3v) is 10.1. The second-order valence-corrected chi connectivity index (χ2v) is 13.4. The second kappa shape index (κ2) is 17.4. The summed E-state index contributed by atoms with van der Waals surface area (Å²) in [6, 6.07) is 23.2. The monoisotopic (exact) mass is 739 g/mol. The van der Waals surface area contributed by atoms with Crippen LogP contribution in [0.5, 0.6) is 40.2 Å². The van der Waals surface area contributed by atoms with E-state index in [1.807, 2.05) is 66.7 Å². The summed E-state index contributed by atoms with van der Waals surface area (Å²) in [7, 11) is 7.98. The molecule has 6 rings (SSSR count). The van der Waals surface area contributed by atoms with Gasteiger partial charge in [0.2, 0.25) is 11.7 Å². The van der Waals surface area contributed by atoms with Crippen molar-refractivity contribution < 1.29 is 38.0 Å². The van der Waals surface area contributed by atoms with Gasteiger partial charge in [-0.1, -0.05) is 18.2 Å². The van der Waals surface area contributed by atoms with Gasteiger partial charge in [0, 0.05) is 24.5 Å². The molecule has 0 saturated heterocycles. The van der Waals surface area contributed by atoms with Crippen LogP contribution in [0.1, 0.15) is 56.2 Å². The molecule has 278 valence electrons. The number of carbonyl (C=O) groups excluding carboxylic acids is 1. The maximum atomic E-state index is 12.8. The van der Waals surface area contributed by atoms with Gasteiger partial charge in [0.15, 0.2) is 34.5 Å². The summed E-state index contributed by atoms with van der Waals surface area (Å²) in [6.07, 6.45) is 4.23. The highest BCUT2D eigenvalue weighted by atomic mass is 32.1. The van der Waals surface area contributed by atoms with Gasteiger partial charge in [0.05, 0.1) is 70.7 Å². The zero-order valence-electron chi connectivity index (χ0n) is 31.0. The van der Waals surface area contributed by atoms with E-state index in [0.29, 0.717) is 54.1 Å². The fourth-order valence-electron chi connectivity index (χ4n) is 6.33. The Kier molecular flexibility index (Phi) is 12.2. The second-order valence-electron chi connectivity index (χ2n) is 12.4. The van der Waals surface area contributed by atoms with Crippen molar-refractivity contribution >= 4 is 33.2 Å². The number of thiazole rings is 1. The summed E-state index contributed by atoms with van der Waals surface area (Å²) >= 11 is 1.66. The van der Waals surface area contributed by atoms with Crippen molar-refractivity contribution in [3.05, 3.63) is 83.9 Å². The van der Waals surface area contributed by atoms with Gasteiger partial charge in [-0.25, -0.2) is 9.99 Å². The standard InChI is InChI=1S/C41H45N3O8S/c1-26(45)44-32(25-31(43-44)29-23-37(48-4)40(50-6)38(24-29)49-5)27-15-17-33(46-2)36(21-27)52-20-12-8-7-11-19-51-34-18-16-28(22-35(34)47-3)41-42-30-13-9-10-14-39(30)53-41/h9-10,13-18,21-24,32H,7-8,11-12,19-20,25H2,1-6H3. The summed E-state index contributed by atoms with van der Waals surface area (Å²) < 4.78 is 41.3. The molecule has 0 bridgehead atoms. The Bertz CT molecular complexity index is 2020. The molecule has 4 aromatic carbocycles. The predicted molar refractivity (Wildman–Crippen MR) is 207 cm³/mol. The first-order valence-electron chi connectivity index (χ1n) is 17.5. The smallest absolute Gasteiger partial charge is 0.240 e. The summed E-state index contributed by atoms with van der Waals surface area (Å²) in [5, 5.41) is 7.18. The summed E-state index contributed by atoms with van der Waals surface area (Å²) in [6.45, 7) is 2.62. The van der Waals surface area contributed by atoms with Crippen LogP contribution in [0.2, 0.25) is 0 Å². The predicted octanol–water partition coefficient (Wildman–Crippen LogP) is 8.72. The Hall–Kier alpha value is -5.49. The van der Waals surface area contributed by atoms with Crippen molar-refractivity contribution in [3.63, 3.8) is 0 Å². The summed E-state index contributed by atoms with van der Waals surface area (Å²) in [5.41, 5.74) is 4.40. The zero-order valence-corrected chi connectivity index (χ0v) is 31.8. The van der Waals surface area contributed by atoms with Crippen LogP contribution in [-0.2, 0) is 4.79 Å². The normalized spacial score (nSPS) is 13.8. The quantitative estimate of drug-likeness (QED) is 0.0865. The van der Waals surface area contributed by atoms with Crippen molar-refractivity contribution in [2.75, 3.05) is 48.8 Å². The molecule has 11 nitrogen and oxygen atoms in total. The van der Waals surface area contributed by atoms with Gasteiger partial charge < -0.3 is 33.2 Å². The number of methoxy groups -OCH3 is 5. The van der Waals surface area contributed by atoms with Crippen molar-refractivity contribution in [2.45, 2.75) is 45.1 Å². The molecule has 0 radical (unpaired) electrons. The van der Waals surface area contributed by atoms with Crippen LogP contribution in [0.15, 0.2) is 77.9 Å². The van der Waals surface area contributed by atoms with Crippen LogP contribution in [0.25, 0.3) is 20.8 Å². The number of aromatic nitrogens is 1. The number of nitrogens with zero attached hydrogens (tertiary/aromatic N) is 3. The number of hydrogen-bond donors (Lipinski definition) is 0. The van der Waals surface area contributed by atoms with Gasteiger partial charge in [-0.05, 0) is 85.8 Å². The Balaban J connectivity index is 1.01. The fourth-order valence-corrected chi connectivity index (χ4v) is 7.30. The molecule has 1 unspecified atom stereocenters. The number of hydrogen-bond acceptors (Lipinski definition) is 11. The lowest BCUT2D eigenvalue weighted by atomic mass is 9.97. The highest BCUT2D eigenvalue weighted by Crippen LogP contribution is 2.42. The molecule has 1 aliphatic rings. The minimum absolute atomic E-state index is 0.167. The molecule has 53 heavy (non-hydrogen) atoms. The Morgan fingerprint density at radius 3 is 1.98 bits per heavy atom. The summed E-state index contributed by atoms with van der Waals surface area (Å²) in [4.78, 5) is 17.5. The van der Waals surface area contributed by atoms with Crippen LogP contribution < -0.4 is 33.2 Å². The largest absolute Gasteiger partial charge is 0.493 e. The molecule has 0 spiro atoms. The van der Waals surface area contributed by atoms with E-state index in [-0.39, 0.29) is 11.9 Å². The highest BCUT2D eigenvalue weighted by Gasteiger charge is 2.33. The molecule has 1 aliphatic heterocycles. The molecular weight excluding hydrogens is 695 g/mol. The Labute approximate surface area is 314 Å². The zero-order chi connectivity index (χ0) is 37.3. The molecule has 2 heterocycles. The number of rotatable bonds is 17. The van der Waals surface area contributed by atoms with E-state index in [9.17, 15) is 4.79 Å². The van der Waals surface area contributed by atoms with Gasteiger partial charge in [0.1, 0.15) is 5.01 Å². The van der Waals surface area contributed by atoms with Gasteiger partial charge in [0.25, 0.3) is 0 Å². The van der Waals surface area contributed by atoms with E-state index in [1.165, 1.54) is 11.9 Å². The van der Waals surface area contributed by atoms with Crippen molar-refractivity contribution in [1.29, 1.82) is 0 Å². The molecular formula is C41H45N3O8S. The average molecular weight is 740 g/mol. The van der Waals surface area contributed by atoms with Crippen LogP contribution >= 0.6 is 11.3 Å². The van der Waals surface area contributed by atoms with Crippen molar-refractivity contribution in [2.24, 2.45) is 5.10 Å². The van der Waals surface area contributed by atoms with E-state index in [2.05, 4.69) is 6.07 Å². The first-order valence-corrected chi connectivity index (χ1v) is 18.3. The number of unbranched alkanes of at least 4 members (excludes halogenated alkanes) is 3. The molecule has 1 amide bonds. The van der Waals surface area contributed by atoms with Gasteiger partial charge in [-0.2, -0.15) is 5.10 Å². The molecule has 1 aromatic heterocycles. The average Bonchev–Trinajstić information content (AvgIpc) is 3.84. The number of para-hydroxylation sites is 1. The minimum Gasteiger partial charge on any atom is -0.493 e. The fraction of sp³-hybridized carbons (Fsp3) is 0.341. The topological polar surface area (TPSA) is 110 Å². The third-order valence-electron chi connectivity index (χ3n) is 9.06. The van der Waals surface area contributed by atoms with Gasteiger partial charge in [-0.3, -0.25) is 4.79 Å². The maximum absolute atomic E-state index is 12.8. The van der Waals surface area contributed by atoms with E-state index in [4.69, 9.17) is 43.2 Å². The highest BCUT2D eigenvalue weighted by molar-refractivity contribution is 7.21. The molecule has 12 heteroatoms. The number of hydrazone groups is 1. The van der Waals surface area contributed by atoms with Crippen molar-refractivity contribution in [3.8, 4) is 50.8 Å². The minimum atomic E-state index is -0.322. The molecule has 1 atom stereocenters. The van der Waals surface area contributed by atoms with E-state index < -0.39 is 0 Å². The van der Waals surface area contributed by atoms with Crippen LogP contribution in [0, 0.1) is 0 Å². The Morgan fingerprint density at radius 2 is 1.34 bits per heavy atom. The number of carbonyl (C=O) groups is 1. The number of benzene rings is 4. The number of fused-ring (bicyclic) bond motifs is 1. The third kappa shape index (κ3) is 8.44. The SMILES string of the molecule is COc1cc(-c2nc3ccccc3s2)ccc1OCCCCCCOc1cc(C2CC(c3cc(OC)c(OC)c(OC)c3)=NN2C(C)=O)ccc1OC. The molecule has 0 fully saturated rings. The lowest BCUT2D eigenvalue weighted by Crippen LogP contribution is -2.24. The Morgan fingerprint density at radius 1 is 0.698 bits per heavy atom. The number of ether oxygens (including phenoxy) is 7. The van der Waals surface area contributed by atoms with Crippen LogP contribution in [-0.4, -0.2) is 70.4 Å². The van der Waals surface area contributed by atoms with Gasteiger partial charge in [-0.15, -0.1) is 11.3 Å². The molecule has 5 aromatic rings. The first-order chi connectivity index (χ1) is 25.9.